The van der Waals surface area contributed by atoms with E-state index in [1.54, 1.807) is 0 Å². The summed E-state index contributed by atoms with van der Waals surface area (Å²) < 4.78 is 32.0. The van der Waals surface area contributed by atoms with Crippen molar-refractivity contribution in [3.63, 3.8) is 0 Å². The van der Waals surface area contributed by atoms with Crippen LogP contribution in [0.4, 0.5) is 0 Å². The van der Waals surface area contributed by atoms with Crippen molar-refractivity contribution in [2.24, 2.45) is 0 Å². The molecular formula is C13H24N2O4S. The molecule has 2 atom stereocenters. The van der Waals surface area contributed by atoms with Crippen molar-refractivity contribution in [3.05, 3.63) is 0 Å². The molecule has 0 aromatic carbocycles. The second-order valence-electron chi connectivity index (χ2n) is 6.05. The zero-order valence-corrected chi connectivity index (χ0v) is 12.6. The van der Waals surface area contributed by atoms with E-state index in [2.05, 4.69) is 4.90 Å². The monoisotopic (exact) mass is 304 g/mol. The van der Waals surface area contributed by atoms with Gasteiger partial charge < -0.3 is 9.84 Å². The molecule has 116 valence electrons. The van der Waals surface area contributed by atoms with Crippen LogP contribution in [0.3, 0.4) is 0 Å². The van der Waals surface area contributed by atoms with E-state index >= 15 is 0 Å². The van der Waals surface area contributed by atoms with Crippen LogP contribution in [0.25, 0.3) is 0 Å². The average Bonchev–Trinajstić information content (AvgIpc) is 3.09. The van der Waals surface area contributed by atoms with Gasteiger partial charge in [0.25, 0.3) is 0 Å². The smallest absolute Gasteiger partial charge is 0.217 e. The summed E-state index contributed by atoms with van der Waals surface area (Å²) >= 11 is 0. The van der Waals surface area contributed by atoms with Crippen LogP contribution in [0.1, 0.15) is 25.7 Å². The molecule has 3 aliphatic rings. The Labute approximate surface area is 120 Å². The Bertz CT molecular complexity index is 430. The van der Waals surface area contributed by atoms with Crippen molar-refractivity contribution in [2.45, 2.75) is 43.1 Å². The normalized spacial score (nSPS) is 34.9. The SMILES string of the molecule is O=S(=O)(C1CCCC1)N1C[C@@H](O)[C@H](N2CCOCC2)C1. The standard InChI is InChI=1S/C13H24N2O4S/c16-13-10-15(20(17,18)11-3-1-2-4-11)9-12(13)14-5-7-19-8-6-14/h11-13,16H,1-10H2/t12-,13-/m1/s1. The summed E-state index contributed by atoms with van der Waals surface area (Å²) in [4.78, 5) is 2.17. The minimum atomic E-state index is -3.23. The lowest BCUT2D eigenvalue weighted by molar-refractivity contribution is -0.00602. The molecule has 1 N–H and O–H groups in total. The summed E-state index contributed by atoms with van der Waals surface area (Å²) in [5.41, 5.74) is 0. The van der Waals surface area contributed by atoms with Crippen LogP contribution in [0.2, 0.25) is 0 Å². The Hall–Kier alpha value is -0.210. The van der Waals surface area contributed by atoms with Gasteiger partial charge in [-0.15, -0.1) is 0 Å². The number of sulfonamides is 1. The molecule has 2 aliphatic heterocycles. The van der Waals surface area contributed by atoms with Gasteiger partial charge in [-0.05, 0) is 12.8 Å². The molecule has 0 aromatic rings. The number of aliphatic hydroxyl groups is 1. The van der Waals surface area contributed by atoms with Gasteiger partial charge in [0.1, 0.15) is 0 Å². The van der Waals surface area contributed by atoms with Crippen LogP contribution in [0.5, 0.6) is 0 Å². The van der Waals surface area contributed by atoms with Crippen LogP contribution in [0, 0.1) is 0 Å². The fraction of sp³-hybridized carbons (Fsp3) is 1.00. The first-order chi connectivity index (χ1) is 9.59. The summed E-state index contributed by atoms with van der Waals surface area (Å²) in [6.45, 7) is 3.57. The Kier molecular flexibility index (Phi) is 4.33. The van der Waals surface area contributed by atoms with Gasteiger partial charge in [-0.1, -0.05) is 12.8 Å². The number of aliphatic hydroxyl groups excluding tert-OH is 1. The van der Waals surface area contributed by atoms with Crippen LogP contribution in [-0.2, 0) is 14.8 Å². The fourth-order valence-electron chi connectivity index (χ4n) is 3.61. The highest BCUT2D eigenvalue weighted by molar-refractivity contribution is 7.89. The maximum atomic E-state index is 12.6. The summed E-state index contributed by atoms with van der Waals surface area (Å²) in [5.74, 6) is 0. The van der Waals surface area contributed by atoms with Gasteiger partial charge >= 0.3 is 0 Å². The fourth-order valence-corrected chi connectivity index (χ4v) is 5.68. The van der Waals surface area contributed by atoms with E-state index in [1.165, 1.54) is 4.31 Å². The lowest BCUT2D eigenvalue weighted by Crippen LogP contribution is -2.49. The molecule has 7 heteroatoms. The van der Waals surface area contributed by atoms with Gasteiger partial charge in [0.2, 0.25) is 10.0 Å². The predicted molar refractivity (Wildman–Crippen MR) is 74.9 cm³/mol. The van der Waals surface area contributed by atoms with Gasteiger partial charge in [-0.25, -0.2) is 8.42 Å². The molecule has 0 aromatic heterocycles. The summed E-state index contributed by atoms with van der Waals surface area (Å²) in [6, 6.07) is -0.0740. The van der Waals surface area contributed by atoms with E-state index in [0.717, 1.165) is 38.8 Å². The van der Waals surface area contributed by atoms with Crippen LogP contribution < -0.4 is 0 Å². The van der Waals surface area contributed by atoms with Crippen molar-refractivity contribution in [2.75, 3.05) is 39.4 Å². The zero-order valence-electron chi connectivity index (χ0n) is 11.8. The zero-order chi connectivity index (χ0) is 14.2. The number of rotatable bonds is 3. The van der Waals surface area contributed by atoms with Gasteiger partial charge in [0, 0.05) is 26.2 Å². The van der Waals surface area contributed by atoms with Crippen LogP contribution in [0.15, 0.2) is 0 Å². The number of morpholine rings is 1. The summed E-state index contributed by atoms with van der Waals surface area (Å²) in [6.07, 6.45) is 2.98. The van der Waals surface area contributed by atoms with E-state index in [0.29, 0.717) is 19.8 Å². The molecule has 0 bridgehead atoms. The molecule has 2 saturated heterocycles. The first-order valence-electron chi connectivity index (χ1n) is 7.58. The van der Waals surface area contributed by atoms with Gasteiger partial charge in [-0.2, -0.15) is 4.31 Å². The maximum absolute atomic E-state index is 12.6. The molecule has 0 radical (unpaired) electrons. The molecule has 1 aliphatic carbocycles. The van der Waals surface area contributed by atoms with Crippen LogP contribution in [-0.4, -0.2) is 79.5 Å². The Balaban J connectivity index is 1.67. The third kappa shape index (κ3) is 2.74. The lowest BCUT2D eigenvalue weighted by atomic mass is 10.2. The van der Waals surface area contributed by atoms with Crippen molar-refractivity contribution in [1.29, 1.82) is 0 Å². The highest BCUT2D eigenvalue weighted by atomic mass is 32.2. The topological polar surface area (TPSA) is 70.1 Å². The highest BCUT2D eigenvalue weighted by Gasteiger charge is 2.44. The molecular weight excluding hydrogens is 280 g/mol. The van der Waals surface area contributed by atoms with Gasteiger partial charge in [-0.3, -0.25) is 4.90 Å². The number of nitrogens with zero attached hydrogens (tertiary/aromatic N) is 2. The largest absolute Gasteiger partial charge is 0.390 e. The molecule has 3 rings (SSSR count). The minimum absolute atomic E-state index is 0.0740. The summed E-state index contributed by atoms with van der Waals surface area (Å²) in [5, 5.41) is 10.0. The second kappa shape index (κ2) is 5.88. The van der Waals surface area contributed by atoms with Crippen LogP contribution >= 0.6 is 0 Å². The van der Waals surface area contributed by atoms with E-state index in [9.17, 15) is 13.5 Å². The van der Waals surface area contributed by atoms with E-state index in [4.69, 9.17) is 4.74 Å². The Morgan fingerprint density at radius 3 is 2.35 bits per heavy atom. The molecule has 20 heavy (non-hydrogen) atoms. The number of β-amino-alcohol motifs (C(OH)–C–C–N with tert-alkyl or cyclic N) is 1. The molecule has 3 fully saturated rings. The van der Waals surface area contributed by atoms with E-state index < -0.39 is 16.1 Å². The summed E-state index contributed by atoms with van der Waals surface area (Å²) in [7, 11) is -3.23. The van der Waals surface area contributed by atoms with Crippen molar-refractivity contribution in [3.8, 4) is 0 Å². The molecule has 0 spiro atoms. The van der Waals surface area contributed by atoms with Gasteiger partial charge in [0.15, 0.2) is 0 Å². The molecule has 6 nitrogen and oxygen atoms in total. The molecule has 0 amide bonds. The molecule has 2 heterocycles. The molecule has 0 unspecified atom stereocenters. The first-order valence-corrected chi connectivity index (χ1v) is 9.08. The Morgan fingerprint density at radius 2 is 1.70 bits per heavy atom. The van der Waals surface area contributed by atoms with E-state index in [1.807, 2.05) is 0 Å². The maximum Gasteiger partial charge on any atom is 0.217 e. The minimum Gasteiger partial charge on any atom is -0.390 e. The van der Waals surface area contributed by atoms with Crippen molar-refractivity contribution < 1.29 is 18.3 Å². The number of ether oxygens (including phenoxy) is 1. The lowest BCUT2D eigenvalue weighted by Gasteiger charge is -2.33. The Morgan fingerprint density at radius 1 is 1.05 bits per heavy atom. The highest BCUT2D eigenvalue weighted by Crippen LogP contribution is 2.30. The quantitative estimate of drug-likeness (QED) is 0.771. The number of hydrogen-bond donors (Lipinski definition) is 1. The average molecular weight is 304 g/mol. The number of hydrogen-bond acceptors (Lipinski definition) is 5. The third-order valence-electron chi connectivity index (χ3n) is 4.82. The molecule has 1 saturated carbocycles. The van der Waals surface area contributed by atoms with Crippen molar-refractivity contribution >= 4 is 10.0 Å². The predicted octanol–water partition coefficient (Wildman–Crippen LogP) is -0.364. The third-order valence-corrected chi connectivity index (χ3v) is 7.16. The van der Waals surface area contributed by atoms with E-state index in [-0.39, 0.29) is 17.8 Å². The van der Waals surface area contributed by atoms with Crippen molar-refractivity contribution in [1.82, 2.24) is 9.21 Å². The second-order valence-corrected chi connectivity index (χ2v) is 8.26. The first kappa shape index (κ1) is 14.7. The van der Waals surface area contributed by atoms with Gasteiger partial charge in [0.05, 0.1) is 30.6 Å².